The van der Waals surface area contributed by atoms with E-state index in [4.69, 9.17) is 0 Å². The van der Waals surface area contributed by atoms with Gasteiger partial charge in [0.05, 0.1) is 20.0 Å². The Morgan fingerprint density at radius 2 is 1.66 bits per heavy atom. The van der Waals surface area contributed by atoms with Gasteiger partial charge in [0.25, 0.3) is 20.2 Å². The lowest BCUT2D eigenvalue weighted by Gasteiger charge is -2.07. The molecule has 2 aromatic carbocycles. The highest BCUT2D eigenvalue weighted by atomic mass is 32.2. The van der Waals surface area contributed by atoms with Crippen molar-refractivity contribution in [3.63, 3.8) is 0 Å². The summed E-state index contributed by atoms with van der Waals surface area (Å²) in [6.07, 6.45) is 0.535. The number of benzene rings is 2. The van der Waals surface area contributed by atoms with Gasteiger partial charge in [-0.3, -0.25) is 9.11 Å². The van der Waals surface area contributed by atoms with Crippen LogP contribution in [0.3, 0.4) is 0 Å². The van der Waals surface area contributed by atoms with E-state index in [1.165, 1.54) is 47.4 Å². The maximum atomic E-state index is 11.4. The molecule has 3 rings (SSSR count). The molecule has 9 nitrogen and oxygen atoms in total. The first-order valence-electron chi connectivity index (χ1n) is 9.41. The predicted molar refractivity (Wildman–Crippen MR) is 125 cm³/mol. The Morgan fingerprint density at radius 3 is 2.25 bits per heavy atom. The van der Waals surface area contributed by atoms with Crippen molar-refractivity contribution in [2.75, 3.05) is 0 Å². The minimum Gasteiger partial charge on any atom is -0.315 e. The number of hydrogen-bond donors (Lipinski definition) is 2. The molecule has 0 aliphatic rings. The first-order valence-corrected chi connectivity index (χ1v) is 13.9. The molecule has 172 valence electrons. The molecule has 0 radical (unpaired) electrons. The lowest BCUT2D eigenvalue weighted by atomic mass is 10.2. The Kier molecular flexibility index (Phi) is 7.27. The summed E-state index contributed by atoms with van der Waals surface area (Å²) in [6.45, 7) is 6.21. The Bertz CT molecular complexity index is 1480. The summed E-state index contributed by atoms with van der Waals surface area (Å²) in [5.41, 5.74) is 1.59. The van der Waals surface area contributed by atoms with Crippen molar-refractivity contribution in [2.45, 2.75) is 48.4 Å². The Labute approximate surface area is 194 Å². The van der Waals surface area contributed by atoms with E-state index in [1.807, 2.05) is 25.3 Å². The summed E-state index contributed by atoms with van der Waals surface area (Å²) < 4.78 is 66.9. The minimum absolute atomic E-state index is 0.191. The van der Waals surface area contributed by atoms with E-state index in [0.29, 0.717) is 32.4 Å². The second-order valence-electron chi connectivity index (χ2n) is 6.69. The number of aromatic nitrogens is 1. The molecular weight excluding hydrogens is 494 g/mol. The molecule has 2 N–H and O–H groups in total. The standard InChI is InChI=1S/C19H21N3O6S4/c1-4-18(29-16-10-13(31(23,24)25)7-6-12(16)3)20-21-19-22(5-2)15-9-8-14(32(26,27)28)11-17(15)30-19/h6-11H,4-5H2,1-3H3,(H,23,24,25)(H,26,27,28)/b20-18-,21-19-. The molecule has 1 aromatic heterocycles. The number of rotatable bonds is 6. The summed E-state index contributed by atoms with van der Waals surface area (Å²) in [5, 5.41) is 9.30. The zero-order valence-electron chi connectivity index (χ0n) is 17.4. The van der Waals surface area contributed by atoms with Crippen LogP contribution in [0.4, 0.5) is 0 Å². The number of aryl methyl sites for hydroxylation is 2. The molecule has 0 saturated heterocycles. The Balaban J connectivity index is 2.04. The van der Waals surface area contributed by atoms with Crippen molar-refractivity contribution in [1.29, 1.82) is 0 Å². The molecule has 0 aliphatic carbocycles. The number of thiazole rings is 1. The first kappa shape index (κ1) is 24.6. The zero-order valence-corrected chi connectivity index (χ0v) is 20.6. The average Bonchev–Trinajstić information content (AvgIpc) is 3.07. The molecule has 0 unspecified atom stereocenters. The lowest BCUT2D eigenvalue weighted by molar-refractivity contribution is 0.481. The molecule has 32 heavy (non-hydrogen) atoms. The second kappa shape index (κ2) is 9.45. The smallest absolute Gasteiger partial charge is 0.294 e. The highest BCUT2D eigenvalue weighted by molar-refractivity contribution is 8.14. The molecule has 0 amide bonds. The van der Waals surface area contributed by atoms with Crippen LogP contribution in [-0.4, -0.2) is 35.6 Å². The van der Waals surface area contributed by atoms with Crippen molar-refractivity contribution in [3.8, 4) is 0 Å². The first-order chi connectivity index (χ1) is 14.9. The lowest BCUT2D eigenvalue weighted by Crippen LogP contribution is -2.12. The van der Waals surface area contributed by atoms with E-state index in [0.717, 1.165) is 11.1 Å². The molecular formula is C19H21N3O6S4. The van der Waals surface area contributed by atoms with Crippen LogP contribution < -0.4 is 4.80 Å². The van der Waals surface area contributed by atoms with Crippen LogP contribution >= 0.6 is 23.1 Å². The van der Waals surface area contributed by atoms with E-state index >= 15 is 0 Å². The van der Waals surface area contributed by atoms with Crippen LogP contribution in [0.2, 0.25) is 0 Å². The molecule has 0 aliphatic heterocycles. The van der Waals surface area contributed by atoms with Crippen LogP contribution in [0.15, 0.2) is 61.3 Å². The number of hydrogen-bond acceptors (Lipinski definition) is 8. The summed E-state index contributed by atoms with van der Waals surface area (Å²) >= 11 is 2.49. The molecule has 0 bridgehead atoms. The largest absolute Gasteiger partial charge is 0.315 e. The molecule has 13 heteroatoms. The van der Waals surface area contributed by atoms with Gasteiger partial charge in [0.1, 0.15) is 5.04 Å². The molecule has 1 heterocycles. The maximum Gasteiger partial charge on any atom is 0.294 e. The van der Waals surface area contributed by atoms with Crippen LogP contribution in [0.1, 0.15) is 25.8 Å². The number of thioether (sulfide) groups is 1. The predicted octanol–water partition coefficient (Wildman–Crippen LogP) is 3.94. The Morgan fingerprint density at radius 1 is 1.03 bits per heavy atom. The van der Waals surface area contributed by atoms with Gasteiger partial charge in [-0.05, 0) is 56.2 Å². The highest BCUT2D eigenvalue weighted by Crippen LogP contribution is 2.28. The van der Waals surface area contributed by atoms with Gasteiger partial charge in [0, 0.05) is 11.4 Å². The fourth-order valence-electron chi connectivity index (χ4n) is 2.84. The van der Waals surface area contributed by atoms with Gasteiger partial charge in [-0.25, -0.2) is 0 Å². The summed E-state index contributed by atoms with van der Waals surface area (Å²) in [6, 6.07) is 8.68. The summed E-state index contributed by atoms with van der Waals surface area (Å²) in [4.78, 5) is 0.794. The van der Waals surface area contributed by atoms with Crippen molar-refractivity contribution in [1.82, 2.24) is 4.57 Å². The topological polar surface area (TPSA) is 138 Å². The normalized spacial score (nSPS) is 13.8. The fourth-order valence-corrected chi connectivity index (χ4v) is 5.98. The van der Waals surface area contributed by atoms with E-state index in [2.05, 4.69) is 10.2 Å². The summed E-state index contributed by atoms with van der Waals surface area (Å²) in [5.74, 6) is 0. The third-order valence-corrected chi connectivity index (χ3v) is 8.50. The minimum atomic E-state index is -4.32. The van der Waals surface area contributed by atoms with E-state index in [9.17, 15) is 25.9 Å². The zero-order chi connectivity index (χ0) is 23.7. The maximum absolute atomic E-state index is 11.4. The molecule has 3 aromatic rings. The van der Waals surface area contributed by atoms with Crippen molar-refractivity contribution in [3.05, 3.63) is 46.8 Å². The van der Waals surface area contributed by atoms with E-state index in [1.54, 1.807) is 12.1 Å². The highest BCUT2D eigenvalue weighted by Gasteiger charge is 2.14. The molecule has 0 fully saturated rings. The van der Waals surface area contributed by atoms with Crippen LogP contribution in [0.25, 0.3) is 10.2 Å². The quantitative estimate of drug-likeness (QED) is 0.167. The van der Waals surface area contributed by atoms with Gasteiger partial charge in [-0.1, -0.05) is 36.1 Å². The third kappa shape index (κ3) is 5.47. The van der Waals surface area contributed by atoms with E-state index < -0.39 is 20.2 Å². The van der Waals surface area contributed by atoms with Crippen molar-refractivity contribution >= 4 is 58.6 Å². The van der Waals surface area contributed by atoms with Gasteiger partial charge >= 0.3 is 0 Å². The van der Waals surface area contributed by atoms with E-state index in [-0.39, 0.29) is 9.79 Å². The monoisotopic (exact) mass is 515 g/mol. The van der Waals surface area contributed by atoms with Gasteiger partial charge in [0.2, 0.25) is 4.80 Å². The fraction of sp³-hybridized carbons (Fsp3) is 0.263. The molecule has 0 saturated carbocycles. The van der Waals surface area contributed by atoms with Crippen molar-refractivity contribution < 1.29 is 25.9 Å². The SMILES string of the molecule is CC/C(=N/N=c1\sc2cc(S(=O)(=O)O)ccc2n1CC)Sc1cc(S(=O)(=O)O)ccc1C. The van der Waals surface area contributed by atoms with Gasteiger partial charge in [-0.2, -0.15) is 16.8 Å². The molecule has 0 atom stereocenters. The van der Waals surface area contributed by atoms with Crippen LogP contribution in [-0.2, 0) is 26.8 Å². The second-order valence-corrected chi connectivity index (χ2v) is 11.7. The van der Waals surface area contributed by atoms with Crippen LogP contribution in [0.5, 0.6) is 0 Å². The van der Waals surface area contributed by atoms with Crippen LogP contribution in [0, 0.1) is 6.92 Å². The average molecular weight is 516 g/mol. The number of fused-ring (bicyclic) bond motifs is 1. The number of nitrogens with zero attached hydrogens (tertiary/aromatic N) is 3. The molecule has 0 spiro atoms. The third-order valence-electron chi connectivity index (χ3n) is 4.50. The van der Waals surface area contributed by atoms with Crippen molar-refractivity contribution in [2.24, 2.45) is 10.2 Å². The summed E-state index contributed by atoms with van der Waals surface area (Å²) in [7, 11) is -8.63. The Hall–Kier alpha value is -2.03. The van der Waals surface area contributed by atoms with Gasteiger partial charge in [-0.15, -0.1) is 10.2 Å². The van der Waals surface area contributed by atoms with Gasteiger partial charge < -0.3 is 4.57 Å². The van der Waals surface area contributed by atoms with Gasteiger partial charge in [0.15, 0.2) is 0 Å².